The van der Waals surface area contributed by atoms with E-state index in [0.29, 0.717) is 60.9 Å². The second-order valence-electron chi connectivity index (χ2n) is 10.7. The van der Waals surface area contributed by atoms with Crippen molar-refractivity contribution in [1.29, 1.82) is 0 Å². The van der Waals surface area contributed by atoms with E-state index in [9.17, 15) is 24.3 Å². The molecule has 0 bridgehead atoms. The number of phenols is 1. The normalized spacial score (nSPS) is 20.8. The maximum absolute atomic E-state index is 13.6. The first-order chi connectivity index (χ1) is 19.7. The summed E-state index contributed by atoms with van der Waals surface area (Å²) in [5, 5.41) is 12.4. The van der Waals surface area contributed by atoms with Gasteiger partial charge in [-0.05, 0) is 67.8 Å². The summed E-state index contributed by atoms with van der Waals surface area (Å²) in [5.41, 5.74) is 1.06. The van der Waals surface area contributed by atoms with Crippen LogP contribution in [0.4, 0.5) is 0 Å². The topological polar surface area (TPSA) is 121 Å². The monoisotopic (exact) mass is 559 g/mol. The quantitative estimate of drug-likeness (QED) is 0.337. The van der Waals surface area contributed by atoms with E-state index in [1.165, 1.54) is 10.6 Å². The van der Waals surface area contributed by atoms with Crippen molar-refractivity contribution >= 4 is 34.7 Å². The molecule has 9 heteroatoms. The summed E-state index contributed by atoms with van der Waals surface area (Å²) >= 11 is 0. The minimum Gasteiger partial charge on any atom is -0.507 e. The van der Waals surface area contributed by atoms with Gasteiger partial charge in [-0.2, -0.15) is 0 Å². The Hall–Kier alpha value is -4.40. The summed E-state index contributed by atoms with van der Waals surface area (Å²) in [6, 6.07) is 8.59. The van der Waals surface area contributed by atoms with Crippen LogP contribution in [0.5, 0.6) is 17.2 Å². The zero-order valence-corrected chi connectivity index (χ0v) is 23.4. The number of esters is 2. The predicted octanol–water partition coefficient (Wildman–Crippen LogP) is 5.18. The molecule has 0 spiro atoms. The van der Waals surface area contributed by atoms with Gasteiger partial charge in [-0.15, -0.1) is 0 Å². The van der Waals surface area contributed by atoms with Crippen LogP contribution >= 0.6 is 0 Å². The molecule has 2 aliphatic rings. The molecule has 41 heavy (non-hydrogen) atoms. The van der Waals surface area contributed by atoms with Crippen molar-refractivity contribution in [2.24, 2.45) is 7.05 Å². The summed E-state index contributed by atoms with van der Waals surface area (Å²) in [7, 11) is 3.18. The van der Waals surface area contributed by atoms with Crippen molar-refractivity contribution in [2.75, 3.05) is 7.11 Å². The molecule has 0 amide bonds. The third-order valence-electron chi connectivity index (χ3n) is 7.82. The Bertz CT molecular complexity index is 1630. The smallest absolute Gasteiger partial charge is 0.342 e. The maximum atomic E-state index is 13.6. The SMILES string of the molecule is COc1ccc2cc(C3CC(=O)Oc4cc5c(c(O)c43)C(=O)O[C@@H](C)CCCC(=O)CCC/C=C/5)c(=O)n(C)c2c1. The van der Waals surface area contributed by atoms with E-state index in [1.54, 1.807) is 45.4 Å². The number of benzene rings is 2. The first-order valence-corrected chi connectivity index (χ1v) is 13.8. The van der Waals surface area contributed by atoms with E-state index in [4.69, 9.17) is 14.2 Å². The highest BCUT2D eigenvalue weighted by Gasteiger charge is 2.37. The van der Waals surface area contributed by atoms with E-state index >= 15 is 0 Å². The lowest BCUT2D eigenvalue weighted by Crippen LogP contribution is -2.29. The number of allylic oxidation sites excluding steroid dienone is 1. The van der Waals surface area contributed by atoms with Crippen LogP contribution < -0.4 is 15.0 Å². The van der Waals surface area contributed by atoms with Crippen molar-refractivity contribution in [3.63, 3.8) is 0 Å². The van der Waals surface area contributed by atoms with Crippen LogP contribution in [0.3, 0.4) is 0 Å². The molecule has 3 aromatic rings. The molecule has 0 saturated heterocycles. The van der Waals surface area contributed by atoms with Crippen molar-refractivity contribution in [2.45, 2.75) is 63.9 Å². The van der Waals surface area contributed by atoms with Crippen LogP contribution in [-0.4, -0.2) is 40.6 Å². The molecule has 0 fully saturated rings. The number of methoxy groups -OCH3 is 1. The lowest BCUT2D eigenvalue weighted by molar-refractivity contribution is -0.135. The number of nitrogens with zero attached hydrogens (tertiary/aromatic N) is 1. The van der Waals surface area contributed by atoms with E-state index in [1.807, 2.05) is 12.1 Å². The van der Waals surface area contributed by atoms with Gasteiger partial charge in [-0.3, -0.25) is 14.4 Å². The number of ether oxygens (including phenoxy) is 3. The van der Waals surface area contributed by atoms with Crippen LogP contribution in [0, 0.1) is 0 Å². The Morgan fingerprint density at radius 3 is 2.61 bits per heavy atom. The summed E-state index contributed by atoms with van der Waals surface area (Å²) in [4.78, 5) is 51.9. The number of pyridine rings is 1. The summed E-state index contributed by atoms with van der Waals surface area (Å²) in [6.07, 6.45) is 6.07. The van der Waals surface area contributed by atoms with Crippen molar-refractivity contribution in [3.05, 3.63) is 69.0 Å². The number of fused-ring (bicyclic) bond motifs is 3. The Kier molecular flexibility index (Phi) is 7.97. The van der Waals surface area contributed by atoms with Gasteiger partial charge in [-0.25, -0.2) is 4.79 Å². The zero-order chi connectivity index (χ0) is 29.3. The molecule has 0 radical (unpaired) electrons. The van der Waals surface area contributed by atoms with Crippen LogP contribution in [0.25, 0.3) is 17.0 Å². The zero-order valence-electron chi connectivity index (χ0n) is 23.4. The van der Waals surface area contributed by atoms with E-state index in [2.05, 4.69) is 0 Å². The number of hydrogen-bond acceptors (Lipinski definition) is 8. The highest BCUT2D eigenvalue weighted by atomic mass is 16.5. The number of phenolic OH excluding ortho intramolecular Hbond substituents is 1. The first-order valence-electron chi connectivity index (χ1n) is 13.8. The molecule has 2 atom stereocenters. The maximum Gasteiger partial charge on any atom is 0.342 e. The molecular weight excluding hydrogens is 526 g/mol. The van der Waals surface area contributed by atoms with Crippen molar-refractivity contribution in [3.8, 4) is 17.2 Å². The predicted molar refractivity (Wildman–Crippen MR) is 153 cm³/mol. The number of rotatable bonds is 2. The molecule has 5 rings (SSSR count). The molecule has 214 valence electrons. The second-order valence-corrected chi connectivity index (χ2v) is 10.7. The van der Waals surface area contributed by atoms with Gasteiger partial charge in [0.2, 0.25) is 0 Å². The number of hydrogen-bond donors (Lipinski definition) is 1. The van der Waals surface area contributed by atoms with Gasteiger partial charge in [-0.1, -0.05) is 12.2 Å². The molecule has 1 aromatic heterocycles. The van der Waals surface area contributed by atoms with Crippen LogP contribution in [0.1, 0.15) is 84.8 Å². The van der Waals surface area contributed by atoms with Crippen molar-refractivity contribution in [1.82, 2.24) is 4.57 Å². The molecule has 9 nitrogen and oxygen atoms in total. The summed E-state index contributed by atoms with van der Waals surface area (Å²) in [6.45, 7) is 1.75. The number of cyclic esters (lactones) is 1. The van der Waals surface area contributed by atoms with Gasteiger partial charge in [0.1, 0.15) is 28.6 Å². The third-order valence-corrected chi connectivity index (χ3v) is 7.82. The Morgan fingerprint density at radius 1 is 1.05 bits per heavy atom. The highest BCUT2D eigenvalue weighted by molar-refractivity contribution is 5.99. The fourth-order valence-corrected chi connectivity index (χ4v) is 5.63. The Labute approximate surface area is 237 Å². The number of aryl methyl sites for hydroxylation is 1. The van der Waals surface area contributed by atoms with Gasteiger partial charge in [0.15, 0.2) is 0 Å². The van der Waals surface area contributed by atoms with Gasteiger partial charge in [0.25, 0.3) is 5.56 Å². The van der Waals surface area contributed by atoms with Gasteiger partial charge >= 0.3 is 11.9 Å². The number of ketones is 1. The Balaban J connectivity index is 1.66. The number of aromatic hydroxyl groups is 1. The molecule has 1 unspecified atom stereocenters. The van der Waals surface area contributed by atoms with Gasteiger partial charge < -0.3 is 23.9 Å². The van der Waals surface area contributed by atoms with Crippen LogP contribution in [0.2, 0.25) is 0 Å². The van der Waals surface area contributed by atoms with Gasteiger partial charge in [0.05, 0.1) is 25.2 Å². The Morgan fingerprint density at radius 2 is 1.83 bits per heavy atom. The molecule has 3 heterocycles. The molecular formula is C32H33NO8. The number of carbonyl (C=O) groups excluding carboxylic acids is 3. The first kappa shape index (κ1) is 28.1. The van der Waals surface area contributed by atoms with E-state index in [-0.39, 0.29) is 40.4 Å². The fraction of sp³-hybridized carbons (Fsp3) is 0.375. The van der Waals surface area contributed by atoms with Gasteiger partial charge in [0, 0.05) is 43.0 Å². The molecule has 1 N–H and O–H groups in total. The second kappa shape index (κ2) is 11.6. The third kappa shape index (κ3) is 5.62. The lowest BCUT2D eigenvalue weighted by Gasteiger charge is -2.28. The summed E-state index contributed by atoms with van der Waals surface area (Å²) in [5.74, 6) is -1.65. The summed E-state index contributed by atoms with van der Waals surface area (Å²) < 4.78 is 18.0. The number of aromatic nitrogens is 1. The number of carbonyl (C=O) groups is 3. The lowest BCUT2D eigenvalue weighted by atomic mass is 9.83. The van der Waals surface area contributed by atoms with Crippen molar-refractivity contribution < 1.29 is 33.7 Å². The molecule has 0 aliphatic carbocycles. The average molecular weight is 560 g/mol. The average Bonchev–Trinajstić information content (AvgIpc) is 2.93. The standard InChI is InChI=1S/C32H33NO8/c1-18-8-7-11-21(34)10-6-4-5-9-20-15-26-29(30(36)28(20)32(38)40-18)23(17-27(35)41-26)24-14-19-12-13-22(39-3)16-25(19)33(2)31(24)37/h5,9,12-16,18,23,36H,4,6-8,10-11,17H2,1-3H3/b9-5+/t18-,23?/m0/s1. The highest BCUT2D eigenvalue weighted by Crippen LogP contribution is 2.47. The van der Waals surface area contributed by atoms with E-state index in [0.717, 1.165) is 5.39 Å². The molecule has 2 aliphatic heterocycles. The van der Waals surface area contributed by atoms with Crippen LogP contribution in [0.15, 0.2) is 41.2 Å². The minimum atomic E-state index is -0.852. The molecule has 2 aromatic carbocycles. The molecule has 0 saturated carbocycles. The minimum absolute atomic E-state index is 0.0507. The van der Waals surface area contributed by atoms with Crippen LogP contribution in [-0.2, 0) is 21.4 Å². The number of Topliss-reactive ketones (excluding diaryl/α,β-unsaturated/α-hetero) is 1. The largest absolute Gasteiger partial charge is 0.507 e. The van der Waals surface area contributed by atoms with E-state index < -0.39 is 24.0 Å². The fourth-order valence-electron chi connectivity index (χ4n) is 5.63.